The number of carbonyl (C=O) groups is 2. The molecule has 0 aliphatic heterocycles. The van der Waals surface area contributed by atoms with Gasteiger partial charge in [0.2, 0.25) is 0 Å². The molecule has 3 aromatic heterocycles. The van der Waals surface area contributed by atoms with Crippen molar-refractivity contribution in [3.05, 3.63) is 66.0 Å². The minimum atomic E-state index is -0.693. The second-order valence-corrected chi connectivity index (χ2v) is 7.61. The molecule has 0 aliphatic rings. The zero-order valence-corrected chi connectivity index (χ0v) is 18.8. The van der Waals surface area contributed by atoms with Crippen molar-refractivity contribution in [3.63, 3.8) is 0 Å². The molecule has 1 aromatic carbocycles. The number of rotatable bonds is 5. The predicted molar refractivity (Wildman–Crippen MR) is 127 cm³/mol. The van der Waals surface area contributed by atoms with Crippen LogP contribution in [0.1, 0.15) is 23.0 Å². The van der Waals surface area contributed by atoms with Gasteiger partial charge in [-0.15, -0.1) is 0 Å². The molecule has 0 atom stereocenters. The molecule has 0 saturated heterocycles. The number of nitrogens with one attached hydrogen (secondary N) is 2. The van der Waals surface area contributed by atoms with Gasteiger partial charge in [-0.1, -0.05) is 12.1 Å². The Morgan fingerprint density at radius 3 is 2.71 bits per heavy atom. The van der Waals surface area contributed by atoms with E-state index in [0.717, 1.165) is 5.69 Å². The van der Waals surface area contributed by atoms with Crippen LogP contribution in [0, 0.1) is 12.7 Å². The van der Waals surface area contributed by atoms with Crippen molar-refractivity contribution < 1.29 is 14.0 Å². The van der Waals surface area contributed by atoms with E-state index in [-0.39, 0.29) is 17.4 Å². The first kappa shape index (κ1) is 22.6. The normalized spacial score (nSPS) is 10.8. The summed E-state index contributed by atoms with van der Waals surface area (Å²) < 4.78 is 16.5. The summed E-state index contributed by atoms with van der Waals surface area (Å²) in [4.78, 5) is 35.0. The Labute approximate surface area is 194 Å². The highest BCUT2D eigenvalue weighted by Crippen LogP contribution is 2.34. The molecule has 0 radical (unpaired) electrons. The van der Waals surface area contributed by atoms with E-state index >= 15 is 4.39 Å². The van der Waals surface area contributed by atoms with Gasteiger partial charge in [-0.05, 0) is 43.7 Å². The number of hydrogen-bond acceptors (Lipinski definition) is 6. The lowest BCUT2D eigenvalue weighted by Gasteiger charge is -2.15. The Kier molecular flexibility index (Phi) is 6.09. The van der Waals surface area contributed by atoms with E-state index in [2.05, 4.69) is 25.7 Å². The highest BCUT2D eigenvalue weighted by Gasteiger charge is 2.24. The molecule has 3 amide bonds. The summed E-state index contributed by atoms with van der Waals surface area (Å²) in [6, 6.07) is 8.76. The number of halogens is 1. The molecule has 174 valence electrons. The second-order valence-electron chi connectivity index (χ2n) is 7.61. The van der Waals surface area contributed by atoms with Gasteiger partial charge in [-0.25, -0.2) is 23.7 Å². The molecule has 4 aromatic rings. The van der Waals surface area contributed by atoms with E-state index in [0.29, 0.717) is 34.6 Å². The van der Waals surface area contributed by atoms with Crippen LogP contribution in [0.4, 0.5) is 26.5 Å². The van der Waals surface area contributed by atoms with Crippen LogP contribution >= 0.6 is 0 Å². The second kappa shape index (κ2) is 9.14. The van der Waals surface area contributed by atoms with E-state index < -0.39 is 11.8 Å². The summed E-state index contributed by atoms with van der Waals surface area (Å²) in [6.45, 7) is 4.12. The first-order valence-corrected chi connectivity index (χ1v) is 10.5. The zero-order chi connectivity index (χ0) is 24.4. The number of nitrogens with two attached hydrogens (primary N) is 1. The molecule has 0 saturated carbocycles. The first-order valence-electron chi connectivity index (χ1n) is 10.5. The first-order chi connectivity index (χ1) is 16.3. The quantitative estimate of drug-likeness (QED) is 0.416. The Hall–Kier alpha value is -4.54. The van der Waals surface area contributed by atoms with E-state index in [1.165, 1.54) is 27.9 Å². The molecule has 0 bridgehead atoms. The SMILES string of the molecule is CCN(C)C(=O)c1cn2ncnc(N)c2c1-c1ccc(NC(=O)Nc2cccc(C)n2)c(F)c1. The number of urea groups is 1. The predicted octanol–water partition coefficient (Wildman–Crippen LogP) is 3.56. The van der Waals surface area contributed by atoms with Crippen LogP contribution in [0.2, 0.25) is 0 Å². The molecular weight excluding hydrogens is 439 g/mol. The number of benzene rings is 1. The lowest BCUT2D eigenvalue weighted by atomic mass is 10.0. The van der Waals surface area contributed by atoms with Crippen LogP contribution < -0.4 is 16.4 Å². The topological polar surface area (TPSA) is 131 Å². The summed E-state index contributed by atoms with van der Waals surface area (Å²) in [5, 5.41) is 9.16. The fraction of sp³-hybridized carbons (Fsp3) is 0.174. The maximum atomic E-state index is 15.0. The van der Waals surface area contributed by atoms with Crippen molar-refractivity contribution in [2.75, 3.05) is 30.0 Å². The van der Waals surface area contributed by atoms with Gasteiger partial charge in [0, 0.05) is 31.0 Å². The van der Waals surface area contributed by atoms with Gasteiger partial charge in [-0.2, -0.15) is 5.10 Å². The maximum absolute atomic E-state index is 15.0. The number of amides is 3. The summed E-state index contributed by atoms with van der Waals surface area (Å²) in [5.74, 6) is -0.471. The molecule has 0 unspecified atom stereocenters. The molecule has 0 aliphatic carbocycles. The summed E-state index contributed by atoms with van der Waals surface area (Å²) >= 11 is 0. The number of nitrogen functional groups attached to an aromatic ring is 1. The molecule has 0 fully saturated rings. The van der Waals surface area contributed by atoms with E-state index in [1.54, 1.807) is 44.4 Å². The molecule has 4 N–H and O–H groups in total. The number of fused-ring (bicyclic) bond motifs is 1. The monoisotopic (exact) mass is 462 g/mol. The van der Waals surface area contributed by atoms with Crippen LogP contribution in [0.5, 0.6) is 0 Å². The molecule has 10 nitrogen and oxygen atoms in total. The lowest BCUT2D eigenvalue weighted by Crippen LogP contribution is -2.26. The fourth-order valence-corrected chi connectivity index (χ4v) is 3.49. The van der Waals surface area contributed by atoms with Gasteiger partial charge in [-0.3, -0.25) is 10.1 Å². The highest BCUT2D eigenvalue weighted by atomic mass is 19.1. The van der Waals surface area contributed by atoms with Crippen LogP contribution in [-0.4, -0.2) is 50.0 Å². The van der Waals surface area contributed by atoms with Crippen molar-refractivity contribution in [1.82, 2.24) is 24.5 Å². The van der Waals surface area contributed by atoms with Crippen molar-refractivity contribution >= 4 is 34.8 Å². The third-order valence-electron chi connectivity index (χ3n) is 5.29. The molecule has 4 rings (SSSR count). The highest BCUT2D eigenvalue weighted by molar-refractivity contribution is 6.07. The number of hydrogen-bond donors (Lipinski definition) is 3. The van der Waals surface area contributed by atoms with Gasteiger partial charge in [0.25, 0.3) is 5.91 Å². The van der Waals surface area contributed by atoms with Crippen LogP contribution in [-0.2, 0) is 0 Å². The lowest BCUT2D eigenvalue weighted by molar-refractivity contribution is 0.0803. The molecule has 34 heavy (non-hydrogen) atoms. The molecule has 3 heterocycles. The number of aryl methyl sites for hydroxylation is 1. The standard InChI is InChI=1S/C23H23FN8O2/c1-4-31(3)22(33)15-11-32-20(21(25)26-12-27-32)19(15)14-8-9-17(16(24)10-14)29-23(34)30-18-7-5-6-13(2)28-18/h5-12H,4H2,1-3H3,(H2,25,26,27)(H2,28,29,30,34). The fourth-order valence-electron chi connectivity index (χ4n) is 3.49. The summed E-state index contributed by atoms with van der Waals surface area (Å²) in [7, 11) is 1.67. The summed E-state index contributed by atoms with van der Waals surface area (Å²) in [6.07, 6.45) is 2.82. The van der Waals surface area contributed by atoms with Crippen molar-refractivity contribution in [1.29, 1.82) is 0 Å². The Bertz CT molecular complexity index is 1400. The van der Waals surface area contributed by atoms with Crippen molar-refractivity contribution in [2.24, 2.45) is 0 Å². The van der Waals surface area contributed by atoms with Gasteiger partial charge >= 0.3 is 6.03 Å². The third-order valence-corrected chi connectivity index (χ3v) is 5.29. The van der Waals surface area contributed by atoms with E-state index in [1.807, 2.05) is 6.92 Å². The average Bonchev–Trinajstić information content (AvgIpc) is 3.20. The maximum Gasteiger partial charge on any atom is 0.324 e. The Balaban J connectivity index is 1.69. The number of pyridine rings is 1. The molecule has 0 spiro atoms. The number of aromatic nitrogens is 4. The number of anilines is 3. The number of nitrogens with zero attached hydrogens (tertiary/aromatic N) is 5. The van der Waals surface area contributed by atoms with Gasteiger partial charge in [0.15, 0.2) is 5.82 Å². The van der Waals surface area contributed by atoms with E-state index in [4.69, 9.17) is 5.73 Å². The Morgan fingerprint density at radius 2 is 2.00 bits per heavy atom. The summed E-state index contributed by atoms with van der Waals surface area (Å²) in [5.41, 5.74) is 8.25. The van der Waals surface area contributed by atoms with Gasteiger partial charge in [0.1, 0.15) is 23.5 Å². The number of carbonyl (C=O) groups excluding carboxylic acids is 2. The minimum absolute atomic E-state index is 0.0415. The zero-order valence-electron chi connectivity index (χ0n) is 18.8. The van der Waals surface area contributed by atoms with Crippen molar-refractivity contribution in [3.8, 4) is 11.1 Å². The van der Waals surface area contributed by atoms with Crippen LogP contribution in [0.3, 0.4) is 0 Å². The average molecular weight is 462 g/mol. The largest absolute Gasteiger partial charge is 0.382 e. The minimum Gasteiger partial charge on any atom is -0.382 e. The smallest absolute Gasteiger partial charge is 0.324 e. The molecular formula is C23H23FN8O2. The van der Waals surface area contributed by atoms with Crippen molar-refractivity contribution in [2.45, 2.75) is 13.8 Å². The van der Waals surface area contributed by atoms with Crippen LogP contribution in [0.15, 0.2) is 48.9 Å². The third kappa shape index (κ3) is 4.35. The van der Waals surface area contributed by atoms with Crippen LogP contribution in [0.25, 0.3) is 16.6 Å². The Morgan fingerprint density at radius 1 is 1.21 bits per heavy atom. The van der Waals surface area contributed by atoms with Gasteiger partial charge in [0.05, 0.1) is 11.3 Å². The molecule has 11 heteroatoms. The van der Waals surface area contributed by atoms with E-state index in [9.17, 15) is 9.59 Å². The van der Waals surface area contributed by atoms with Gasteiger partial charge < -0.3 is 16.0 Å².